The highest BCUT2D eigenvalue weighted by Crippen LogP contribution is 2.47. The average molecular weight is 493 g/mol. The highest BCUT2D eigenvalue weighted by Gasteiger charge is 2.35. The lowest BCUT2D eigenvalue weighted by Crippen LogP contribution is -2.30. The Bertz CT molecular complexity index is 600. The van der Waals surface area contributed by atoms with Crippen LogP contribution in [0.5, 0.6) is 0 Å². The van der Waals surface area contributed by atoms with Gasteiger partial charge in [-0.1, -0.05) is 114 Å². The zero-order valence-electron chi connectivity index (χ0n) is 24.3. The van der Waals surface area contributed by atoms with E-state index in [0.29, 0.717) is 0 Å². The van der Waals surface area contributed by atoms with E-state index in [2.05, 4.69) is 26.0 Å². The van der Waals surface area contributed by atoms with Crippen molar-refractivity contribution in [2.45, 2.75) is 155 Å². The summed E-state index contributed by atoms with van der Waals surface area (Å²) in [5.41, 5.74) is 3.94. The topological polar surface area (TPSA) is 0 Å². The SMILES string of the molecule is CC1CC(C=C(C2CCCCC2)C2CCCCC2)C(C)CC1C=C(C1CCCCC1)C1CCCCC1. The van der Waals surface area contributed by atoms with Gasteiger partial charge in [0.25, 0.3) is 0 Å². The molecule has 0 radical (unpaired) electrons. The van der Waals surface area contributed by atoms with E-state index in [1.807, 2.05) is 11.1 Å². The first-order chi connectivity index (χ1) is 17.7. The first-order valence-electron chi connectivity index (χ1n) is 17.1. The minimum Gasteiger partial charge on any atom is -0.0814 e. The second kappa shape index (κ2) is 13.5. The van der Waals surface area contributed by atoms with Crippen LogP contribution in [0.3, 0.4) is 0 Å². The van der Waals surface area contributed by atoms with Gasteiger partial charge in [-0.3, -0.25) is 0 Å². The summed E-state index contributed by atoms with van der Waals surface area (Å²) in [7, 11) is 0. The fourth-order valence-electron chi connectivity index (χ4n) is 9.59. The molecule has 36 heavy (non-hydrogen) atoms. The number of rotatable bonds is 6. The summed E-state index contributed by atoms with van der Waals surface area (Å²) >= 11 is 0. The molecule has 5 aliphatic carbocycles. The predicted molar refractivity (Wildman–Crippen MR) is 157 cm³/mol. The maximum absolute atomic E-state index is 2.94. The van der Waals surface area contributed by atoms with Crippen LogP contribution in [0.2, 0.25) is 0 Å². The molecule has 0 spiro atoms. The summed E-state index contributed by atoms with van der Waals surface area (Å²) in [4.78, 5) is 0. The highest BCUT2D eigenvalue weighted by atomic mass is 14.4. The fraction of sp³-hybridized carbons (Fsp3) is 0.889. The summed E-state index contributed by atoms with van der Waals surface area (Å²) in [5, 5.41) is 0. The van der Waals surface area contributed by atoms with E-state index in [-0.39, 0.29) is 0 Å². The molecular formula is C36H60. The van der Waals surface area contributed by atoms with Gasteiger partial charge in [0.1, 0.15) is 0 Å². The lowest BCUT2D eigenvalue weighted by atomic mass is 9.65. The molecule has 5 fully saturated rings. The summed E-state index contributed by atoms with van der Waals surface area (Å²) in [6, 6.07) is 0. The van der Waals surface area contributed by atoms with Gasteiger partial charge in [0.2, 0.25) is 0 Å². The van der Waals surface area contributed by atoms with Gasteiger partial charge in [-0.05, 0) is 112 Å². The summed E-state index contributed by atoms with van der Waals surface area (Å²) in [5.74, 6) is 7.16. The Kier molecular flexibility index (Phi) is 10.2. The molecule has 0 aliphatic heterocycles. The van der Waals surface area contributed by atoms with E-state index in [0.717, 1.165) is 47.3 Å². The maximum atomic E-state index is 2.94. The highest BCUT2D eigenvalue weighted by molar-refractivity contribution is 5.18. The molecule has 0 aromatic rings. The van der Waals surface area contributed by atoms with Crippen LogP contribution in [-0.2, 0) is 0 Å². The summed E-state index contributed by atoms with van der Waals surface area (Å²) in [6.07, 6.45) is 38.6. The van der Waals surface area contributed by atoms with Gasteiger partial charge in [-0.2, -0.15) is 0 Å². The minimum atomic E-state index is 0.844. The molecule has 0 nitrogen and oxygen atoms in total. The third-order valence-corrected chi connectivity index (χ3v) is 11.9. The lowest BCUT2D eigenvalue weighted by molar-refractivity contribution is 0.186. The standard InChI is InChI=1S/C36H60/c1-27-23-34(26-36(31-19-11-5-12-20-31)32-21-13-6-14-22-32)28(2)24-33(27)25-35(29-15-7-3-8-16-29)30-17-9-4-10-18-30/h25-34H,3-24H2,1-2H3. The number of hydrogen-bond acceptors (Lipinski definition) is 0. The quantitative estimate of drug-likeness (QED) is 0.323. The molecule has 0 aromatic carbocycles. The average Bonchev–Trinajstić information content (AvgIpc) is 2.94. The smallest absolute Gasteiger partial charge is 0.0200 e. The second-order valence-electron chi connectivity index (χ2n) is 14.4. The Morgan fingerprint density at radius 3 is 0.889 bits per heavy atom. The Labute approximate surface area is 225 Å². The molecule has 0 amide bonds. The zero-order valence-corrected chi connectivity index (χ0v) is 24.3. The summed E-state index contributed by atoms with van der Waals surface area (Å²) < 4.78 is 0. The Morgan fingerprint density at radius 2 is 0.639 bits per heavy atom. The van der Waals surface area contributed by atoms with Crippen LogP contribution in [0.1, 0.15) is 155 Å². The van der Waals surface area contributed by atoms with Gasteiger partial charge in [0.05, 0.1) is 0 Å². The molecule has 0 heteroatoms. The fourth-order valence-corrected chi connectivity index (χ4v) is 9.59. The third-order valence-electron chi connectivity index (χ3n) is 11.9. The van der Waals surface area contributed by atoms with Gasteiger partial charge in [0.15, 0.2) is 0 Å². The van der Waals surface area contributed by atoms with Crippen LogP contribution >= 0.6 is 0 Å². The molecule has 5 aliphatic rings. The van der Waals surface area contributed by atoms with E-state index in [1.54, 1.807) is 0 Å². The molecule has 0 saturated heterocycles. The van der Waals surface area contributed by atoms with Crippen LogP contribution < -0.4 is 0 Å². The molecule has 0 bridgehead atoms. The molecule has 4 atom stereocenters. The Balaban J connectivity index is 1.32. The zero-order chi connectivity index (χ0) is 24.7. The van der Waals surface area contributed by atoms with Gasteiger partial charge >= 0.3 is 0 Å². The van der Waals surface area contributed by atoms with Gasteiger partial charge in [0, 0.05) is 0 Å². The van der Waals surface area contributed by atoms with Crippen molar-refractivity contribution in [2.24, 2.45) is 47.3 Å². The van der Waals surface area contributed by atoms with E-state index >= 15 is 0 Å². The molecule has 0 heterocycles. The third kappa shape index (κ3) is 6.91. The molecular weight excluding hydrogens is 432 g/mol. The maximum Gasteiger partial charge on any atom is -0.0200 e. The van der Waals surface area contributed by atoms with Gasteiger partial charge < -0.3 is 0 Å². The Morgan fingerprint density at radius 1 is 0.389 bits per heavy atom. The van der Waals surface area contributed by atoms with E-state index in [9.17, 15) is 0 Å². The molecule has 5 rings (SSSR count). The van der Waals surface area contributed by atoms with Crippen LogP contribution in [0.4, 0.5) is 0 Å². The number of hydrogen-bond donors (Lipinski definition) is 0. The molecule has 5 saturated carbocycles. The van der Waals surface area contributed by atoms with Crippen molar-refractivity contribution in [3.05, 3.63) is 23.3 Å². The largest absolute Gasteiger partial charge is 0.0814 e. The van der Waals surface area contributed by atoms with Crippen LogP contribution in [0, 0.1) is 47.3 Å². The van der Waals surface area contributed by atoms with E-state index < -0.39 is 0 Å². The minimum absolute atomic E-state index is 0.844. The second-order valence-corrected chi connectivity index (χ2v) is 14.4. The van der Waals surface area contributed by atoms with Crippen molar-refractivity contribution in [2.75, 3.05) is 0 Å². The van der Waals surface area contributed by atoms with Crippen molar-refractivity contribution >= 4 is 0 Å². The lowest BCUT2D eigenvalue weighted by Gasteiger charge is -2.40. The molecule has 0 N–H and O–H groups in total. The van der Waals surface area contributed by atoms with E-state index in [1.165, 1.54) is 141 Å². The van der Waals surface area contributed by atoms with Crippen molar-refractivity contribution in [3.63, 3.8) is 0 Å². The van der Waals surface area contributed by atoms with Crippen molar-refractivity contribution in [1.82, 2.24) is 0 Å². The predicted octanol–water partition coefficient (Wildman–Crippen LogP) is 11.5. The van der Waals surface area contributed by atoms with E-state index in [4.69, 9.17) is 0 Å². The normalized spacial score (nSPS) is 34.3. The molecule has 204 valence electrons. The Hall–Kier alpha value is -0.520. The van der Waals surface area contributed by atoms with Crippen molar-refractivity contribution in [3.8, 4) is 0 Å². The van der Waals surface area contributed by atoms with Crippen LogP contribution in [0.25, 0.3) is 0 Å². The number of allylic oxidation sites excluding steroid dienone is 4. The first-order valence-corrected chi connectivity index (χ1v) is 17.1. The van der Waals surface area contributed by atoms with Crippen LogP contribution in [0.15, 0.2) is 23.3 Å². The van der Waals surface area contributed by atoms with Crippen molar-refractivity contribution < 1.29 is 0 Å². The van der Waals surface area contributed by atoms with Gasteiger partial charge in [-0.25, -0.2) is 0 Å². The van der Waals surface area contributed by atoms with Crippen molar-refractivity contribution in [1.29, 1.82) is 0 Å². The molecule has 4 unspecified atom stereocenters. The molecule has 0 aromatic heterocycles. The van der Waals surface area contributed by atoms with Crippen LogP contribution in [-0.4, -0.2) is 0 Å². The summed E-state index contributed by atoms with van der Waals surface area (Å²) in [6.45, 7) is 5.27. The monoisotopic (exact) mass is 492 g/mol. The van der Waals surface area contributed by atoms with Gasteiger partial charge in [-0.15, -0.1) is 0 Å². The first kappa shape index (κ1) is 27.1.